The molecule has 0 unspecified atom stereocenters. The Labute approximate surface area is 325 Å². The van der Waals surface area contributed by atoms with Gasteiger partial charge in [0, 0.05) is 33.9 Å². The molecule has 2 nitrogen and oxygen atoms in total. The molecule has 0 radical (unpaired) electrons. The molecule has 0 fully saturated rings. The third-order valence-corrected chi connectivity index (χ3v) is 10.1. The molecule has 8 rings (SSSR count). The van der Waals surface area contributed by atoms with Crippen LogP contribution in [0.4, 0.5) is 34.1 Å². The van der Waals surface area contributed by atoms with Crippen molar-refractivity contribution in [1.82, 2.24) is 0 Å². The molecule has 0 bridgehead atoms. The fourth-order valence-electron chi connectivity index (χ4n) is 7.15. The smallest absolute Gasteiger partial charge is 0.0540 e. The van der Waals surface area contributed by atoms with E-state index in [1.807, 2.05) is 12.2 Å². The minimum Gasteiger partial charge on any atom is -0.310 e. The number of hydrogen-bond donors (Lipinski definition) is 0. The van der Waals surface area contributed by atoms with Gasteiger partial charge in [-0.25, -0.2) is 0 Å². The zero-order valence-corrected chi connectivity index (χ0v) is 31.0. The maximum atomic E-state index is 3.94. The van der Waals surface area contributed by atoms with Crippen molar-refractivity contribution in [2.45, 2.75) is 6.92 Å². The number of para-hydroxylation sites is 3. The van der Waals surface area contributed by atoms with Crippen LogP contribution in [0.25, 0.3) is 45.5 Å². The zero-order chi connectivity index (χ0) is 37.6. The van der Waals surface area contributed by atoms with Gasteiger partial charge in [0.05, 0.1) is 11.4 Å². The first kappa shape index (κ1) is 34.9. The summed E-state index contributed by atoms with van der Waals surface area (Å²) in [5.74, 6) is 0. The van der Waals surface area contributed by atoms with Crippen molar-refractivity contribution < 1.29 is 0 Å². The van der Waals surface area contributed by atoms with Crippen LogP contribution >= 0.6 is 0 Å². The standard InChI is InChI=1S/C53H42N2/c1-4-40-21-25-44(26-22-40)50-15-9-11-17-52(50)54(46-13-7-6-8-14-46)48-35-29-42(30-36-48)43-31-37-49(38-32-43)55(47-33-19-39(3)20-34-47)53-18-12-10-16-51(53)45-27-23-41(5-2)24-28-45/h4-38H,1-2H2,3H3. The number of hydrogen-bond acceptors (Lipinski definition) is 2. The monoisotopic (exact) mass is 706 g/mol. The van der Waals surface area contributed by atoms with Gasteiger partial charge >= 0.3 is 0 Å². The largest absolute Gasteiger partial charge is 0.310 e. The van der Waals surface area contributed by atoms with Gasteiger partial charge in [0.15, 0.2) is 0 Å². The molecule has 8 aromatic carbocycles. The highest BCUT2D eigenvalue weighted by molar-refractivity contribution is 5.90. The van der Waals surface area contributed by atoms with Crippen LogP contribution in [0.5, 0.6) is 0 Å². The third kappa shape index (κ3) is 7.40. The molecule has 0 aliphatic carbocycles. The molecule has 0 amide bonds. The molecule has 2 heteroatoms. The van der Waals surface area contributed by atoms with E-state index in [0.29, 0.717) is 0 Å². The van der Waals surface area contributed by atoms with Crippen molar-refractivity contribution in [2.75, 3.05) is 9.80 Å². The van der Waals surface area contributed by atoms with Crippen molar-refractivity contribution in [2.24, 2.45) is 0 Å². The summed E-state index contributed by atoms with van der Waals surface area (Å²) in [7, 11) is 0. The second kappa shape index (κ2) is 15.8. The molecule has 8 aromatic rings. The lowest BCUT2D eigenvalue weighted by molar-refractivity contribution is 1.27. The zero-order valence-electron chi connectivity index (χ0n) is 31.0. The first-order valence-corrected chi connectivity index (χ1v) is 18.7. The average molecular weight is 707 g/mol. The third-order valence-electron chi connectivity index (χ3n) is 10.1. The van der Waals surface area contributed by atoms with Gasteiger partial charge in [0.1, 0.15) is 0 Å². The summed E-state index contributed by atoms with van der Waals surface area (Å²) in [5, 5.41) is 0. The Kier molecular flexibility index (Phi) is 10.0. The quantitative estimate of drug-likeness (QED) is 0.132. The Morgan fingerprint density at radius 2 is 0.655 bits per heavy atom. The first-order valence-electron chi connectivity index (χ1n) is 18.7. The summed E-state index contributed by atoms with van der Waals surface area (Å²) in [5.41, 5.74) is 17.0. The van der Waals surface area contributed by atoms with E-state index in [2.05, 4.69) is 230 Å². The second-order valence-electron chi connectivity index (χ2n) is 13.6. The average Bonchev–Trinajstić information content (AvgIpc) is 3.26. The predicted molar refractivity (Wildman–Crippen MR) is 237 cm³/mol. The maximum absolute atomic E-state index is 3.94. The van der Waals surface area contributed by atoms with E-state index >= 15 is 0 Å². The van der Waals surface area contributed by atoms with Crippen molar-refractivity contribution in [1.29, 1.82) is 0 Å². The van der Waals surface area contributed by atoms with Gasteiger partial charge in [-0.15, -0.1) is 0 Å². The van der Waals surface area contributed by atoms with E-state index in [0.717, 1.165) is 78.6 Å². The summed E-state index contributed by atoms with van der Waals surface area (Å²) >= 11 is 0. The lowest BCUT2D eigenvalue weighted by Crippen LogP contribution is -2.11. The van der Waals surface area contributed by atoms with Gasteiger partial charge < -0.3 is 9.80 Å². The van der Waals surface area contributed by atoms with Crippen LogP contribution in [-0.4, -0.2) is 0 Å². The predicted octanol–water partition coefficient (Wildman–Crippen LogP) is 15.2. The van der Waals surface area contributed by atoms with Crippen LogP contribution in [0.3, 0.4) is 0 Å². The maximum Gasteiger partial charge on any atom is 0.0540 e. The fraction of sp³-hybridized carbons (Fsp3) is 0.0189. The molecule has 0 atom stereocenters. The summed E-state index contributed by atoms with van der Waals surface area (Å²) in [4.78, 5) is 4.69. The van der Waals surface area contributed by atoms with Crippen molar-refractivity contribution in [3.8, 4) is 33.4 Å². The fourth-order valence-corrected chi connectivity index (χ4v) is 7.15. The van der Waals surface area contributed by atoms with E-state index in [4.69, 9.17) is 0 Å². The van der Waals surface area contributed by atoms with E-state index in [1.54, 1.807) is 0 Å². The summed E-state index contributed by atoms with van der Waals surface area (Å²) in [6, 6.07) is 71.5. The van der Waals surface area contributed by atoms with Gasteiger partial charge in [0.2, 0.25) is 0 Å². The van der Waals surface area contributed by atoms with Crippen LogP contribution in [0.2, 0.25) is 0 Å². The molecular formula is C53H42N2. The Balaban J connectivity index is 1.15. The Morgan fingerprint density at radius 1 is 0.327 bits per heavy atom. The second-order valence-corrected chi connectivity index (χ2v) is 13.6. The van der Waals surface area contributed by atoms with Crippen LogP contribution in [0.15, 0.2) is 213 Å². The number of nitrogens with zero attached hydrogens (tertiary/aromatic N) is 2. The van der Waals surface area contributed by atoms with Gasteiger partial charge in [-0.05, 0) is 101 Å². The number of anilines is 6. The lowest BCUT2D eigenvalue weighted by atomic mass is 9.99. The minimum atomic E-state index is 1.09. The number of rotatable bonds is 11. The van der Waals surface area contributed by atoms with Crippen LogP contribution < -0.4 is 9.80 Å². The lowest BCUT2D eigenvalue weighted by Gasteiger charge is -2.28. The van der Waals surface area contributed by atoms with Crippen LogP contribution in [0.1, 0.15) is 16.7 Å². The van der Waals surface area contributed by atoms with Gasteiger partial charge in [-0.3, -0.25) is 0 Å². The Morgan fingerprint density at radius 3 is 1.05 bits per heavy atom. The molecule has 0 N–H and O–H groups in total. The molecule has 264 valence electrons. The summed E-state index contributed by atoms with van der Waals surface area (Å²) < 4.78 is 0. The van der Waals surface area contributed by atoms with E-state index < -0.39 is 0 Å². The molecule has 0 aromatic heterocycles. The molecule has 0 saturated heterocycles. The molecule has 0 saturated carbocycles. The highest BCUT2D eigenvalue weighted by atomic mass is 15.1. The van der Waals surface area contributed by atoms with E-state index in [9.17, 15) is 0 Å². The van der Waals surface area contributed by atoms with Crippen molar-refractivity contribution in [3.05, 3.63) is 230 Å². The highest BCUT2D eigenvalue weighted by Gasteiger charge is 2.19. The Bertz CT molecular complexity index is 2530. The minimum absolute atomic E-state index is 1.09. The van der Waals surface area contributed by atoms with E-state index in [-0.39, 0.29) is 0 Å². The molecular weight excluding hydrogens is 665 g/mol. The highest BCUT2D eigenvalue weighted by Crippen LogP contribution is 2.43. The summed E-state index contributed by atoms with van der Waals surface area (Å²) in [6.45, 7) is 10.00. The molecule has 0 aliphatic rings. The molecule has 55 heavy (non-hydrogen) atoms. The normalized spacial score (nSPS) is 10.8. The van der Waals surface area contributed by atoms with Crippen LogP contribution in [0, 0.1) is 6.92 Å². The molecule has 0 aliphatic heterocycles. The Hall–Kier alpha value is -7.16. The van der Waals surface area contributed by atoms with Gasteiger partial charge in [0.25, 0.3) is 0 Å². The van der Waals surface area contributed by atoms with Gasteiger partial charge in [-0.1, -0.05) is 170 Å². The summed E-state index contributed by atoms with van der Waals surface area (Å²) in [6.07, 6.45) is 3.76. The number of aryl methyl sites for hydroxylation is 1. The van der Waals surface area contributed by atoms with Crippen LogP contribution in [-0.2, 0) is 0 Å². The van der Waals surface area contributed by atoms with Crippen molar-refractivity contribution in [3.63, 3.8) is 0 Å². The topological polar surface area (TPSA) is 6.48 Å². The van der Waals surface area contributed by atoms with Gasteiger partial charge in [-0.2, -0.15) is 0 Å². The first-order chi connectivity index (χ1) is 27.1. The van der Waals surface area contributed by atoms with Crippen molar-refractivity contribution >= 4 is 46.3 Å². The van der Waals surface area contributed by atoms with E-state index in [1.165, 1.54) is 5.56 Å². The molecule has 0 spiro atoms. The molecule has 0 heterocycles. The number of benzene rings is 8. The SMILES string of the molecule is C=Cc1ccc(-c2ccccc2N(c2ccccc2)c2ccc(-c3ccc(N(c4ccc(C)cc4)c4ccccc4-c4ccc(C=C)cc4)cc3)cc2)cc1.